The number of hydrogen-bond donors (Lipinski definition) is 0. The molecule has 0 rings (SSSR count). The molecule has 0 aliphatic heterocycles. The monoisotopic (exact) mass is 154 g/mol. The van der Waals surface area contributed by atoms with Gasteiger partial charge in [0.15, 0.2) is 0 Å². The molecule has 0 bridgehead atoms. The van der Waals surface area contributed by atoms with Crippen LogP contribution < -0.4 is 0 Å². The summed E-state index contributed by atoms with van der Waals surface area (Å²) in [6, 6.07) is 0. The Kier molecular flexibility index (Phi) is 3.12. The molecule has 10 heavy (non-hydrogen) atoms. The minimum absolute atomic E-state index is 1.33. The zero-order valence-corrected chi connectivity index (χ0v) is 6.50. The van der Waals surface area contributed by atoms with Crippen molar-refractivity contribution in [3.8, 4) is 6.26 Å². The average Bonchev–Trinajstić information content (AvgIpc) is 1.89. The second-order valence-electron chi connectivity index (χ2n) is 1.66. The molecule has 0 N–H and O–H groups in total. The van der Waals surface area contributed by atoms with Crippen LogP contribution in [-0.4, -0.2) is 14.6 Å². The smallest absolute Gasteiger partial charge is 0.426 e. The summed E-state index contributed by atoms with van der Waals surface area (Å²) in [5.41, 5.74) is 1.38. The zero-order chi connectivity index (χ0) is 8.04. The van der Waals surface area contributed by atoms with Crippen molar-refractivity contribution in [1.82, 2.24) is 0 Å². The molecule has 0 radical (unpaired) electrons. The van der Waals surface area contributed by atoms with Gasteiger partial charge in [-0.1, -0.05) is 0 Å². The van der Waals surface area contributed by atoms with Crippen molar-refractivity contribution >= 4 is 14.6 Å². The molecule has 1 atom stereocenters. The van der Waals surface area contributed by atoms with Gasteiger partial charge in [-0.3, -0.25) is 0 Å². The number of carbonyl (C=O) groups excluding carboxylic acids is 1. The molecule has 0 aliphatic carbocycles. The van der Waals surface area contributed by atoms with Gasteiger partial charge in [-0.2, -0.15) is 9.92 Å². The van der Waals surface area contributed by atoms with Crippen LogP contribution in [0.15, 0.2) is 16.9 Å². The lowest BCUT2D eigenvalue weighted by Crippen LogP contribution is -2.27. The van der Waals surface area contributed by atoms with E-state index in [9.17, 15) is 4.79 Å². The Balaban J connectivity index is 4.40. The van der Waals surface area contributed by atoms with Crippen LogP contribution >= 0.6 is 0 Å². The van der Waals surface area contributed by atoms with E-state index in [1.165, 1.54) is 18.0 Å². The first-order chi connectivity index (χ1) is 4.68. The van der Waals surface area contributed by atoms with Crippen LogP contribution in [0.1, 0.15) is 0 Å². The summed E-state index contributed by atoms with van der Waals surface area (Å²) in [5, 5.41) is 8.08. The van der Waals surface area contributed by atoms with Crippen molar-refractivity contribution in [1.29, 1.82) is 5.26 Å². The second kappa shape index (κ2) is 3.61. The van der Waals surface area contributed by atoms with Gasteiger partial charge in [-0.15, -0.1) is 6.58 Å². The maximum absolute atomic E-state index is 9.76. The number of nitriles is 1. The Morgan fingerprint density at radius 1 is 1.90 bits per heavy atom. The van der Waals surface area contributed by atoms with Gasteiger partial charge in [0.25, 0.3) is 6.26 Å². The van der Waals surface area contributed by atoms with E-state index in [1.807, 2.05) is 0 Å². The van der Waals surface area contributed by atoms with Crippen LogP contribution in [0.2, 0.25) is 6.55 Å². The normalized spacial score (nSPS) is 13.6. The van der Waals surface area contributed by atoms with Gasteiger partial charge in [-0.05, 0) is 12.2 Å². The largest absolute Gasteiger partial charge is 0.454 e. The molecule has 0 aromatic rings. The van der Waals surface area contributed by atoms with E-state index in [0.717, 1.165) is 0 Å². The molecule has 0 fully saturated rings. The van der Waals surface area contributed by atoms with Gasteiger partial charge in [0.05, 0.1) is 0 Å². The number of isocyanates is 1. The molecular weight excluding hydrogens is 148 g/mol. The average molecular weight is 154 g/mol. The summed E-state index contributed by atoms with van der Waals surface area (Å²) in [4.78, 5) is 9.76. The number of rotatable bonds is 3. The predicted octanol–water partition coefficient (Wildman–Crippen LogP) is 0.617. The van der Waals surface area contributed by atoms with Gasteiger partial charge >= 0.3 is 8.48 Å². The van der Waals surface area contributed by atoms with Crippen LogP contribution in [0.5, 0.6) is 0 Å². The summed E-state index contributed by atoms with van der Waals surface area (Å²) >= 11 is 0. The Labute approximate surface area is 59.7 Å². The number of hydrogen-bond acceptors (Lipinski definition) is 4. The van der Waals surface area contributed by atoms with Crippen LogP contribution in [0.25, 0.3) is 0 Å². The standard InChI is InChI=1S/C5H6N2O2Si/c1-3-10(2,7-5-8)9-4-6/h3H,1H2,2H3. The third-order valence-electron chi connectivity index (χ3n) is 0.899. The fourth-order valence-corrected chi connectivity index (χ4v) is 0.880. The highest BCUT2D eigenvalue weighted by Crippen LogP contribution is 2.04. The Morgan fingerprint density at radius 3 is 2.80 bits per heavy atom. The molecule has 4 nitrogen and oxygen atoms in total. The Bertz CT molecular complexity index is 216. The first kappa shape index (κ1) is 8.63. The summed E-state index contributed by atoms with van der Waals surface area (Å²) in [6.07, 6.45) is 2.80. The van der Waals surface area contributed by atoms with Gasteiger partial charge in [0.2, 0.25) is 6.08 Å². The Morgan fingerprint density at radius 2 is 2.50 bits per heavy atom. The molecule has 0 aliphatic rings. The van der Waals surface area contributed by atoms with Crippen LogP contribution in [0.3, 0.4) is 0 Å². The van der Waals surface area contributed by atoms with E-state index < -0.39 is 8.48 Å². The van der Waals surface area contributed by atoms with Gasteiger partial charge in [-0.25, -0.2) is 4.79 Å². The highest BCUT2D eigenvalue weighted by atomic mass is 28.4. The molecule has 0 saturated heterocycles. The minimum atomic E-state index is -2.62. The first-order valence-electron chi connectivity index (χ1n) is 2.48. The second-order valence-corrected chi connectivity index (χ2v) is 4.60. The van der Waals surface area contributed by atoms with Gasteiger partial charge in [0.1, 0.15) is 0 Å². The molecule has 0 aromatic carbocycles. The fraction of sp³-hybridized carbons (Fsp3) is 0.200. The van der Waals surface area contributed by atoms with E-state index in [1.54, 1.807) is 6.55 Å². The lowest BCUT2D eigenvalue weighted by Gasteiger charge is -2.08. The van der Waals surface area contributed by atoms with E-state index >= 15 is 0 Å². The van der Waals surface area contributed by atoms with Crippen molar-refractivity contribution in [2.24, 2.45) is 4.66 Å². The SMILES string of the molecule is C=C[Si](C)(N=C=O)OC#N. The zero-order valence-electron chi connectivity index (χ0n) is 5.50. The highest BCUT2D eigenvalue weighted by molar-refractivity contribution is 6.76. The van der Waals surface area contributed by atoms with Crippen molar-refractivity contribution in [3.05, 3.63) is 12.3 Å². The summed E-state index contributed by atoms with van der Waals surface area (Å²) in [7, 11) is -2.62. The Hall–Kier alpha value is -1.37. The maximum Gasteiger partial charge on any atom is 0.426 e. The lowest BCUT2D eigenvalue weighted by molar-refractivity contribution is 0.504. The molecule has 0 spiro atoms. The molecule has 0 aromatic heterocycles. The maximum atomic E-state index is 9.76. The van der Waals surface area contributed by atoms with Gasteiger partial charge in [0, 0.05) is 0 Å². The van der Waals surface area contributed by atoms with E-state index in [-0.39, 0.29) is 0 Å². The highest BCUT2D eigenvalue weighted by Gasteiger charge is 2.26. The quantitative estimate of drug-likeness (QED) is 0.259. The van der Waals surface area contributed by atoms with Crippen molar-refractivity contribution in [3.63, 3.8) is 0 Å². The molecule has 0 heterocycles. The topological polar surface area (TPSA) is 62.4 Å². The molecule has 0 saturated carbocycles. The first-order valence-corrected chi connectivity index (χ1v) is 4.91. The van der Waals surface area contributed by atoms with E-state index in [0.29, 0.717) is 0 Å². The number of nitrogens with zero attached hydrogens (tertiary/aromatic N) is 2. The van der Waals surface area contributed by atoms with E-state index in [2.05, 4.69) is 15.7 Å². The molecule has 52 valence electrons. The molecular formula is C5H6N2O2Si. The van der Waals surface area contributed by atoms with Crippen LogP contribution in [0, 0.1) is 11.5 Å². The summed E-state index contributed by atoms with van der Waals surface area (Å²) in [5.74, 6) is 0. The van der Waals surface area contributed by atoms with Gasteiger partial charge < -0.3 is 4.43 Å². The van der Waals surface area contributed by atoms with Crippen LogP contribution in [-0.2, 0) is 9.22 Å². The van der Waals surface area contributed by atoms with Crippen molar-refractivity contribution < 1.29 is 9.22 Å². The summed E-state index contributed by atoms with van der Waals surface area (Å²) < 4.78 is 7.85. The third-order valence-corrected chi connectivity index (χ3v) is 2.70. The molecule has 1 unspecified atom stereocenters. The van der Waals surface area contributed by atoms with Crippen molar-refractivity contribution in [2.75, 3.05) is 0 Å². The predicted molar refractivity (Wildman–Crippen MR) is 36.6 cm³/mol. The minimum Gasteiger partial charge on any atom is -0.454 e. The summed E-state index contributed by atoms with van der Waals surface area (Å²) in [6.45, 7) is 4.95. The van der Waals surface area contributed by atoms with Crippen molar-refractivity contribution in [2.45, 2.75) is 6.55 Å². The lowest BCUT2D eigenvalue weighted by atomic mass is 11.3. The third kappa shape index (κ3) is 2.26. The molecule has 0 amide bonds. The molecule has 5 heteroatoms. The van der Waals surface area contributed by atoms with E-state index in [4.69, 9.17) is 5.26 Å². The fourth-order valence-electron chi connectivity index (χ4n) is 0.293. The van der Waals surface area contributed by atoms with Crippen LogP contribution in [0.4, 0.5) is 0 Å².